The molecule has 2 amide bonds. The van der Waals surface area contributed by atoms with Crippen LogP contribution >= 0.6 is 11.3 Å². The van der Waals surface area contributed by atoms with Crippen molar-refractivity contribution in [2.24, 2.45) is 0 Å². The summed E-state index contributed by atoms with van der Waals surface area (Å²) in [4.78, 5) is 11.7. The van der Waals surface area contributed by atoms with Gasteiger partial charge in [-0.05, 0) is 22.4 Å². The molecule has 0 radical (unpaired) electrons. The lowest BCUT2D eigenvalue weighted by atomic mass is 9.93. The zero-order valence-electron chi connectivity index (χ0n) is 12.2. The third-order valence-electron chi connectivity index (χ3n) is 2.87. The first-order valence-electron chi connectivity index (χ1n) is 6.58. The molecule has 2 aromatic heterocycles. The maximum atomic E-state index is 11.7. The highest BCUT2D eigenvalue weighted by atomic mass is 32.1. The van der Waals surface area contributed by atoms with Crippen molar-refractivity contribution in [2.75, 3.05) is 11.9 Å². The lowest BCUT2D eigenvalue weighted by Gasteiger charge is -2.12. The molecule has 1 unspecified atom stereocenters. The number of carbonyl (C=O) groups excluding carboxylic acids is 1. The highest BCUT2D eigenvalue weighted by Crippen LogP contribution is 2.24. The lowest BCUT2D eigenvalue weighted by molar-refractivity contribution is 0.175. The van der Waals surface area contributed by atoms with Gasteiger partial charge in [0.25, 0.3) is 0 Å². The third kappa shape index (κ3) is 4.30. The number of nitrogens with zero attached hydrogens (tertiary/aromatic N) is 1. The predicted octanol–water partition coefficient (Wildman–Crippen LogP) is 2.89. The van der Waals surface area contributed by atoms with E-state index >= 15 is 0 Å². The van der Waals surface area contributed by atoms with E-state index in [1.54, 1.807) is 6.07 Å². The molecular weight excluding hydrogens is 290 g/mol. The summed E-state index contributed by atoms with van der Waals surface area (Å²) < 4.78 is 5.17. The third-order valence-corrected chi connectivity index (χ3v) is 3.58. The number of hydrogen-bond donors (Lipinski definition) is 3. The maximum absolute atomic E-state index is 11.7. The standard InChI is InChI=1S/C14H19N3O3S/c1-14(2,3)11-6-12(17-20-11)16-13(19)15-7-10(18)9-4-5-21-8-9/h4-6,8,10,18H,7H2,1-3H3,(H2,15,16,17,19). The van der Waals surface area contributed by atoms with Crippen LogP contribution in [0.4, 0.5) is 10.6 Å². The van der Waals surface area contributed by atoms with E-state index in [-0.39, 0.29) is 12.0 Å². The molecule has 2 aromatic rings. The highest BCUT2D eigenvalue weighted by Gasteiger charge is 2.20. The molecule has 2 rings (SSSR count). The number of amides is 2. The Hall–Kier alpha value is -1.86. The maximum Gasteiger partial charge on any atom is 0.320 e. The van der Waals surface area contributed by atoms with Gasteiger partial charge >= 0.3 is 6.03 Å². The van der Waals surface area contributed by atoms with Crippen LogP contribution in [0.3, 0.4) is 0 Å². The van der Waals surface area contributed by atoms with E-state index in [9.17, 15) is 9.90 Å². The molecule has 2 heterocycles. The van der Waals surface area contributed by atoms with Gasteiger partial charge in [0.15, 0.2) is 5.82 Å². The van der Waals surface area contributed by atoms with Crippen LogP contribution in [0.1, 0.15) is 38.2 Å². The van der Waals surface area contributed by atoms with E-state index in [4.69, 9.17) is 4.52 Å². The summed E-state index contributed by atoms with van der Waals surface area (Å²) in [7, 11) is 0. The second-order valence-electron chi connectivity index (χ2n) is 5.73. The zero-order chi connectivity index (χ0) is 15.5. The van der Waals surface area contributed by atoms with Gasteiger partial charge in [0, 0.05) is 18.0 Å². The van der Waals surface area contributed by atoms with Gasteiger partial charge in [-0.25, -0.2) is 4.79 Å². The van der Waals surface area contributed by atoms with Crippen molar-refractivity contribution in [3.05, 3.63) is 34.2 Å². The van der Waals surface area contributed by atoms with Crippen LogP contribution in [0.2, 0.25) is 0 Å². The number of nitrogens with one attached hydrogen (secondary N) is 2. The molecule has 0 fully saturated rings. The first kappa shape index (κ1) is 15.5. The Morgan fingerprint density at radius 2 is 2.29 bits per heavy atom. The van der Waals surface area contributed by atoms with Gasteiger partial charge in [-0.2, -0.15) is 11.3 Å². The van der Waals surface area contributed by atoms with Crippen LogP contribution in [0.5, 0.6) is 0 Å². The van der Waals surface area contributed by atoms with Crippen LogP contribution in [0, 0.1) is 0 Å². The van der Waals surface area contributed by atoms with Gasteiger partial charge in [0.1, 0.15) is 5.76 Å². The molecule has 0 aromatic carbocycles. The summed E-state index contributed by atoms with van der Waals surface area (Å²) in [6.45, 7) is 6.12. The van der Waals surface area contributed by atoms with E-state index < -0.39 is 12.1 Å². The summed E-state index contributed by atoms with van der Waals surface area (Å²) in [6, 6.07) is 3.08. The van der Waals surface area contributed by atoms with Crippen LogP contribution in [-0.4, -0.2) is 22.8 Å². The number of thiophene rings is 1. The van der Waals surface area contributed by atoms with Gasteiger partial charge in [0.05, 0.1) is 6.10 Å². The van der Waals surface area contributed by atoms with Gasteiger partial charge in [-0.15, -0.1) is 0 Å². The molecule has 0 aliphatic rings. The number of carbonyl (C=O) groups is 1. The SMILES string of the molecule is CC(C)(C)c1cc(NC(=O)NCC(O)c2ccsc2)no1. The van der Waals surface area contributed by atoms with Gasteiger partial charge in [-0.3, -0.25) is 5.32 Å². The Balaban J connectivity index is 1.83. The summed E-state index contributed by atoms with van der Waals surface area (Å²) >= 11 is 1.50. The average molecular weight is 309 g/mol. The molecular formula is C14H19N3O3S. The van der Waals surface area contributed by atoms with Crippen molar-refractivity contribution in [1.29, 1.82) is 0 Å². The molecule has 6 nitrogen and oxygen atoms in total. The second-order valence-corrected chi connectivity index (χ2v) is 6.51. The number of aromatic nitrogens is 1. The van der Waals surface area contributed by atoms with E-state index in [1.807, 2.05) is 37.6 Å². The van der Waals surface area contributed by atoms with Crippen LogP contribution in [0.15, 0.2) is 27.4 Å². The highest BCUT2D eigenvalue weighted by molar-refractivity contribution is 7.07. The first-order chi connectivity index (χ1) is 9.86. The van der Waals surface area contributed by atoms with E-state index in [0.717, 1.165) is 5.56 Å². The van der Waals surface area contributed by atoms with Gasteiger partial charge in [-0.1, -0.05) is 25.9 Å². The largest absolute Gasteiger partial charge is 0.387 e. The Kier molecular flexibility index (Phi) is 4.64. The van der Waals surface area contributed by atoms with E-state index in [1.165, 1.54) is 11.3 Å². The van der Waals surface area contributed by atoms with Crippen LogP contribution in [0.25, 0.3) is 0 Å². The number of anilines is 1. The summed E-state index contributed by atoms with van der Waals surface area (Å²) in [5.41, 5.74) is 0.621. The Bertz CT molecular complexity index is 587. The molecule has 0 bridgehead atoms. The molecule has 3 N–H and O–H groups in total. The summed E-state index contributed by atoms with van der Waals surface area (Å²) in [6.07, 6.45) is -0.718. The number of aliphatic hydroxyl groups is 1. The minimum absolute atomic E-state index is 0.131. The summed E-state index contributed by atoms with van der Waals surface area (Å²) in [5.74, 6) is 1.04. The second kappa shape index (κ2) is 6.28. The molecule has 0 spiro atoms. The van der Waals surface area contributed by atoms with Gasteiger partial charge < -0.3 is 14.9 Å². The normalized spacial score (nSPS) is 13.0. The van der Waals surface area contributed by atoms with Crippen molar-refractivity contribution in [2.45, 2.75) is 32.3 Å². The minimum Gasteiger partial charge on any atom is -0.387 e. The molecule has 0 saturated heterocycles. The molecule has 7 heteroatoms. The van der Waals surface area contributed by atoms with Crippen molar-refractivity contribution in [3.8, 4) is 0 Å². The number of hydrogen-bond acceptors (Lipinski definition) is 5. The average Bonchev–Trinajstić information content (AvgIpc) is 3.05. The molecule has 114 valence electrons. The first-order valence-corrected chi connectivity index (χ1v) is 7.53. The van der Waals surface area contributed by atoms with Crippen LogP contribution in [-0.2, 0) is 5.41 Å². The zero-order valence-corrected chi connectivity index (χ0v) is 13.0. The quantitative estimate of drug-likeness (QED) is 0.810. The Morgan fingerprint density at radius 3 is 2.86 bits per heavy atom. The number of aliphatic hydroxyl groups excluding tert-OH is 1. The fourth-order valence-corrected chi connectivity index (χ4v) is 2.33. The summed E-state index contributed by atoms with van der Waals surface area (Å²) in [5, 5.41) is 22.5. The smallest absolute Gasteiger partial charge is 0.320 e. The van der Waals surface area contributed by atoms with Crippen molar-refractivity contribution < 1.29 is 14.4 Å². The minimum atomic E-state index is -0.718. The van der Waals surface area contributed by atoms with Crippen molar-refractivity contribution in [3.63, 3.8) is 0 Å². The number of rotatable bonds is 4. The topological polar surface area (TPSA) is 87.4 Å². The molecule has 0 aliphatic heterocycles. The van der Waals surface area contributed by atoms with E-state index in [2.05, 4.69) is 15.8 Å². The molecule has 1 atom stereocenters. The van der Waals surface area contributed by atoms with Gasteiger partial charge in [0.2, 0.25) is 0 Å². The molecule has 21 heavy (non-hydrogen) atoms. The monoisotopic (exact) mass is 309 g/mol. The Morgan fingerprint density at radius 1 is 1.52 bits per heavy atom. The Labute approximate surface area is 127 Å². The van der Waals surface area contributed by atoms with Crippen molar-refractivity contribution in [1.82, 2.24) is 10.5 Å². The fraction of sp³-hybridized carbons (Fsp3) is 0.429. The lowest BCUT2D eigenvalue weighted by Crippen LogP contribution is -2.32. The molecule has 0 aliphatic carbocycles. The predicted molar refractivity (Wildman–Crippen MR) is 81.5 cm³/mol. The fourth-order valence-electron chi connectivity index (χ4n) is 1.62. The van der Waals surface area contributed by atoms with E-state index in [0.29, 0.717) is 11.6 Å². The number of urea groups is 1. The van der Waals surface area contributed by atoms with Crippen molar-refractivity contribution >= 4 is 23.2 Å². The molecule has 0 saturated carbocycles. The van der Waals surface area contributed by atoms with Crippen LogP contribution < -0.4 is 10.6 Å².